The molecular formula is C12H14N4. The van der Waals surface area contributed by atoms with E-state index in [1.54, 1.807) is 6.20 Å². The zero-order valence-corrected chi connectivity index (χ0v) is 8.95. The van der Waals surface area contributed by atoms with Gasteiger partial charge in [-0.05, 0) is 6.07 Å². The fourth-order valence-corrected chi connectivity index (χ4v) is 1.41. The largest absolute Gasteiger partial charge is 0.384 e. The second kappa shape index (κ2) is 5.11. The van der Waals surface area contributed by atoms with Gasteiger partial charge in [-0.1, -0.05) is 30.3 Å². The van der Waals surface area contributed by atoms with Crippen LogP contribution in [0.25, 0.3) is 0 Å². The molecule has 0 aliphatic rings. The van der Waals surface area contributed by atoms with Crippen LogP contribution in [0.15, 0.2) is 53.8 Å². The van der Waals surface area contributed by atoms with E-state index in [0.717, 1.165) is 12.1 Å². The normalized spacial score (nSPS) is 11.6. The van der Waals surface area contributed by atoms with Crippen molar-refractivity contribution in [2.24, 2.45) is 10.7 Å². The number of aromatic nitrogens is 2. The quantitative estimate of drug-likeness (QED) is 0.616. The molecule has 4 nitrogen and oxygen atoms in total. The van der Waals surface area contributed by atoms with E-state index in [4.69, 9.17) is 5.73 Å². The molecule has 0 spiro atoms. The van der Waals surface area contributed by atoms with Crippen molar-refractivity contribution in [3.8, 4) is 0 Å². The molecule has 0 bridgehead atoms. The first-order valence-electron chi connectivity index (χ1n) is 5.19. The highest BCUT2D eigenvalue weighted by Crippen LogP contribution is 1.97. The van der Waals surface area contributed by atoms with E-state index in [0.29, 0.717) is 12.4 Å². The summed E-state index contributed by atoms with van der Waals surface area (Å²) in [6.45, 7) is 1.39. The lowest BCUT2D eigenvalue weighted by atomic mass is 10.2. The van der Waals surface area contributed by atoms with Gasteiger partial charge in [0.05, 0.1) is 13.1 Å². The first-order chi connectivity index (χ1) is 7.86. The molecule has 0 amide bonds. The third-order valence-corrected chi connectivity index (χ3v) is 2.24. The number of nitrogens with two attached hydrogens (primary N) is 1. The minimum Gasteiger partial charge on any atom is -0.384 e. The van der Waals surface area contributed by atoms with E-state index in [2.05, 4.69) is 10.1 Å². The van der Waals surface area contributed by atoms with Crippen LogP contribution < -0.4 is 5.73 Å². The summed E-state index contributed by atoms with van der Waals surface area (Å²) in [5.74, 6) is 0.577. The van der Waals surface area contributed by atoms with Crippen LogP contribution in [-0.2, 0) is 6.54 Å². The number of rotatable bonds is 4. The van der Waals surface area contributed by atoms with Gasteiger partial charge in [0.25, 0.3) is 0 Å². The third kappa shape index (κ3) is 2.70. The number of amidine groups is 1. The Morgan fingerprint density at radius 1 is 1.25 bits per heavy atom. The molecule has 82 valence electrons. The maximum Gasteiger partial charge on any atom is 0.125 e. The molecule has 0 atom stereocenters. The first-order valence-corrected chi connectivity index (χ1v) is 5.19. The van der Waals surface area contributed by atoms with E-state index in [1.807, 2.05) is 47.3 Å². The molecule has 1 heterocycles. The Hall–Kier alpha value is -2.10. The molecule has 0 fully saturated rings. The summed E-state index contributed by atoms with van der Waals surface area (Å²) in [6, 6.07) is 11.7. The highest BCUT2D eigenvalue weighted by molar-refractivity contribution is 5.97. The van der Waals surface area contributed by atoms with Crippen molar-refractivity contribution in [1.29, 1.82) is 0 Å². The van der Waals surface area contributed by atoms with Crippen LogP contribution in [0.5, 0.6) is 0 Å². The third-order valence-electron chi connectivity index (χ3n) is 2.24. The number of nitrogens with zero attached hydrogens (tertiary/aromatic N) is 3. The lowest BCUT2D eigenvalue weighted by Gasteiger charge is -2.01. The molecule has 0 aliphatic carbocycles. The van der Waals surface area contributed by atoms with Crippen LogP contribution in [0, 0.1) is 0 Å². The molecule has 0 saturated heterocycles. The summed E-state index contributed by atoms with van der Waals surface area (Å²) in [6.07, 6.45) is 3.67. The minimum absolute atomic E-state index is 0.577. The van der Waals surface area contributed by atoms with Crippen LogP contribution in [0.3, 0.4) is 0 Å². The van der Waals surface area contributed by atoms with Gasteiger partial charge in [0.2, 0.25) is 0 Å². The second-order valence-electron chi connectivity index (χ2n) is 3.40. The van der Waals surface area contributed by atoms with Crippen molar-refractivity contribution < 1.29 is 0 Å². The molecular weight excluding hydrogens is 200 g/mol. The van der Waals surface area contributed by atoms with Crippen LogP contribution in [-0.4, -0.2) is 22.2 Å². The van der Waals surface area contributed by atoms with Crippen molar-refractivity contribution in [2.45, 2.75) is 6.54 Å². The maximum atomic E-state index is 5.85. The summed E-state index contributed by atoms with van der Waals surface area (Å²) in [5, 5.41) is 4.09. The van der Waals surface area contributed by atoms with Crippen LogP contribution in [0.1, 0.15) is 5.56 Å². The average Bonchev–Trinajstić information content (AvgIpc) is 2.83. The van der Waals surface area contributed by atoms with E-state index in [1.165, 1.54) is 0 Å². The lowest BCUT2D eigenvalue weighted by Crippen LogP contribution is -2.15. The first kappa shape index (κ1) is 10.4. The van der Waals surface area contributed by atoms with Gasteiger partial charge in [-0.25, -0.2) is 0 Å². The Labute approximate surface area is 94.4 Å². The van der Waals surface area contributed by atoms with Crippen molar-refractivity contribution in [3.63, 3.8) is 0 Å². The van der Waals surface area contributed by atoms with Gasteiger partial charge in [-0.15, -0.1) is 0 Å². The molecule has 4 heteroatoms. The SMILES string of the molecule is NC(=NCCn1cccn1)c1ccccc1. The molecule has 0 radical (unpaired) electrons. The second-order valence-corrected chi connectivity index (χ2v) is 3.40. The van der Waals surface area contributed by atoms with E-state index in [-0.39, 0.29) is 0 Å². The van der Waals surface area contributed by atoms with Crippen molar-refractivity contribution in [3.05, 3.63) is 54.4 Å². The van der Waals surface area contributed by atoms with Crippen molar-refractivity contribution >= 4 is 5.84 Å². The lowest BCUT2D eigenvalue weighted by molar-refractivity contribution is 0.626. The standard InChI is InChI=1S/C12H14N4/c13-12(11-5-2-1-3-6-11)14-8-10-16-9-4-7-15-16/h1-7,9H,8,10H2,(H2,13,14). The van der Waals surface area contributed by atoms with Crippen LogP contribution in [0.2, 0.25) is 0 Å². The number of hydrogen-bond acceptors (Lipinski definition) is 2. The predicted octanol–water partition coefficient (Wildman–Crippen LogP) is 1.29. The van der Waals surface area contributed by atoms with E-state index < -0.39 is 0 Å². The van der Waals surface area contributed by atoms with Gasteiger partial charge < -0.3 is 5.73 Å². The van der Waals surface area contributed by atoms with Gasteiger partial charge in [0.1, 0.15) is 5.84 Å². The fourth-order valence-electron chi connectivity index (χ4n) is 1.41. The highest BCUT2D eigenvalue weighted by atomic mass is 15.3. The molecule has 1 aromatic heterocycles. The fraction of sp³-hybridized carbons (Fsp3) is 0.167. The topological polar surface area (TPSA) is 56.2 Å². The zero-order chi connectivity index (χ0) is 11.2. The van der Waals surface area contributed by atoms with Gasteiger partial charge in [0.15, 0.2) is 0 Å². The van der Waals surface area contributed by atoms with E-state index >= 15 is 0 Å². The Balaban J connectivity index is 1.93. The highest BCUT2D eigenvalue weighted by Gasteiger charge is 1.95. The molecule has 2 aromatic rings. The number of aliphatic imine (C=N–C) groups is 1. The Kier molecular flexibility index (Phi) is 3.33. The molecule has 1 aromatic carbocycles. The Bertz CT molecular complexity index is 445. The summed E-state index contributed by atoms with van der Waals surface area (Å²) in [4.78, 5) is 4.30. The summed E-state index contributed by atoms with van der Waals surface area (Å²) >= 11 is 0. The zero-order valence-electron chi connectivity index (χ0n) is 8.95. The van der Waals surface area contributed by atoms with Crippen molar-refractivity contribution in [1.82, 2.24) is 9.78 Å². The average molecular weight is 214 g/mol. The van der Waals surface area contributed by atoms with Gasteiger partial charge in [-0.2, -0.15) is 5.10 Å². The molecule has 2 N–H and O–H groups in total. The number of benzene rings is 1. The van der Waals surface area contributed by atoms with Crippen LogP contribution in [0.4, 0.5) is 0 Å². The molecule has 0 unspecified atom stereocenters. The van der Waals surface area contributed by atoms with Gasteiger partial charge in [0, 0.05) is 18.0 Å². The van der Waals surface area contributed by atoms with Gasteiger partial charge in [-0.3, -0.25) is 9.67 Å². The molecule has 2 rings (SSSR count). The molecule has 0 saturated carbocycles. The summed E-state index contributed by atoms with van der Waals surface area (Å²) in [7, 11) is 0. The maximum absolute atomic E-state index is 5.85. The summed E-state index contributed by atoms with van der Waals surface area (Å²) in [5.41, 5.74) is 6.82. The molecule has 0 aliphatic heterocycles. The Morgan fingerprint density at radius 2 is 2.06 bits per heavy atom. The smallest absolute Gasteiger partial charge is 0.125 e. The van der Waals surface area contributed by atoms with Crippen LogP contribution >= 0.6 is 0 Å². The van der Waals surface area contributed by atoms with Crippen molar-refractivity contribution in [2.75, 3.05) is 6.54 Å². The van der Waals surface area contributed by atoms with E-state index in [9.17, 15) is 0 Å². The predicted molar refractivity (Wildman–Crippen MR) is 64.3 cm³/mol. The monoisotopic (exact) mass is 214 g/mol. The number of hydrogen-bond donors (Lipinski definition) is 1. The van der Waals surface area contributed by atoms with Gasteiger partial charge >= 0.3 is 0 Å². The summed E-state index contributed by atoms with van der Waals surface area (Å²) < 4.78 is 1.84. The molecule has 16 heavy (non-hydrogen) atoms. The Morgan fingerprint density at radius 3 is 2.75 bits per heavy atom. The minimum atomic E-state index is 0.577.